The molecule has 2 saturated carbocycles. The minimum absolute atomic E-state index is 0.0231. The van der Waals surface area contributed by atoms with E-state index in [-0.39, 0.29) is 41.3 Å². The van der Waals surface area contributed by atoms with Crippen molar-refractivity contribution in [1.29, 1.82) is 0 Å². The molecule has 4 atom stereocenters. The van der Waals surface area contributed by atoms with E-state index in [9.17, 15) is 33.4 Å². The molecular weight excluding hydrogens is 726 g/mol. The first-order valence-electron chi connectivity index (χ1n) is 17.8. The summed E-state index contributed by atoms with van der Waals surface area (Å²) in [4.78, 5) is 34.1. The molecule has 7 rings (SSSR count). The lowest BCUT2D eigenvalue weighted by Gasteiger charge is -2.33. The Morgan fingerprint density at radius 2 is 1.16 bits per heavy atom. The molecule has 0 spiro atoms. The van der Waals surface area contributed by atoms with Gasteiger partial charge in [0, 0.05) is 36.1 Å². The Balaban J connectivity index is 0.000000179. The summed E-state index contributed by atoms with van der Waals surface area (Å²) in [5, 5.41) is 35.3. The van der Waals surface area contributed by atoms with Crippen LogP contribution in [0.15, 0.2) is 117 Å². The molecule has 13 heteroatoms. The Hall–Kier alpha value is -6.41. The Kier molecular flexibility index (Phi) is 14.0. The minimum atomic E-state index is -1.18. The van der Waals surface area contributed by atoms with Crippen LogP contribution in [0, 0.1) is 35.3 Å². The maximum Gasteiger partial charge on any atom is 0.371 e. The number of rotatable bonds is 5. The molecule has 2 aliphatic rings. The van der Waals surface area contributed by atoms with E-state index in [2.05, 4.69) is 38.7 Å². The van der Waals surface area contributed by atoms with Crippen LogP contribution in [0.5, 0.6) is 0 Å². The first kappa shape index (κ1) is 40.8. The highest BCUT2D eigenvalue weighted by Gasteiger charge is 2.35. The SMILES string of the molecule is O=C(N[C@@H]1CCC[C@](O)(C#Cc2cccc(F)c2)C1)c1ccoc1.O=C(N[C@H]1CCC[C@@](O)(C#Cc2cccc(F)c2)C1)c1ccoc1.O=C(O)c1ccco1. The third-order valence-electron chi connectivity index (χ3n) is 8.95. The van der Waals surface area contributed by atoms with E-state index in [1.165, 1.54) is 67.7 Å². The van der Waals surface area contributed by atoms with Crippen molar-refractivity contribution < 1.29 is 51.7 Å². The van der Waals surface area contributed by atoms with E-state index in [1.54, 1.807) is 36.4 Å². The minimum Gasteiger partial charge on any atom is -0.475 e. The van der Waals surface area contributed by atoms with Gasteiger partial charge in [0.05, 0.1) is 29.9 Å². The third-order valence-corrected chi connectivity index (χ3v) is 8.95. The average molecular weight is 767 g/mol. The van der Waals surface area contributed by atoms with Gasteiger partial charge in [0.2, 0.25) is 5.76 Å². The number of hydrogen-bond acceptors (Lipinski definition) is 8. The van der Waals surface area contributed by atoms with Crippen LogP contribution in [-0.2, 0) is 0 Å². The van der Waals surface area contributed by atoms with Crippen LogP contribution >= 0.6 is 0 Å². The molecule has 2 fully saturated rings. The highest BCUT2D eigenvalue weighted by atomic mass is 19.1. The van der Waals surface area contributed by atoms with Gasteiger partial charge in [-0.2, -0.15) is 0 Å². The molecule has 3 heterocycles. The van der Waals surface area contributed by atoms with Gasteiger partial charge in [0.25, 0.3) is 11.8 Å². The summed E-state index contributed by atoms with van der Waals surface area (Å²) in [5.74, 6) is 9.13. The van der Waals surface area contributed by atoms with Gasteiger partial charge < -0.3 is 39.2 Å². The maximum absolute atomic E-state index is 13.2. The van der Waals surface area contributed by atoms with E-state index >= 15 is 0 Å². The van der Waals surface area contributed by atoms with Crippen molar-refractivity contribution in [1.82, 2.24) is 10.6 Å². The van der Waals surface area contributed by atoms with E-state index < -0.39 is 17.2 Å². The number of halogens is 2. The van der Waals surface area contributed by atoms with E-state index in [1.807, 2.05) is 0 Å². The molecule has 2 aromatic carbocycles. The summed E-state index contributed by atoms with van der Waals surface area (Å²) in [6.45, 7) is 0. The number of carboxylic acid groups (broad SMARTS) is 1. The van der Waals surface area contributed by atoms with Gasteiger partial charge in [-0.25, -0.2) is 13.6 Å². The average Bonchev–Trinajstić information content (AvgIpc) is 3.99. The lowest BCUT2D eigenvalue weighted by molar-refractivity contribution is 0.0443. The Morgan fingerprint density at radius 3 is 1.52 bits per heavy atom. The quantitative estimate of drug-likeness (QED) is 0.122. The third kappa shape index (κ3) is 12.6. The van der Waals surface area contributed by atoms with Crippen LogP contribution in [0.3, 0.4) is 0 Å². The number of carbonyl (C=O) groups is 3. The lowest BCUT2D eigenvalue weighted by Crippen LogP contribution is -2.45. The number of furan rings is 3. The van der Waals surface area contributed by atoms with Crippen LogP contribution < -0.4 is 10.6 Å². The van der Waals surface area contributed by atoms with Gasteiger partial charge in [-0.05, 0) is 99.2 Å². The molecule has 0 unspecified atom stereocenters. The number of carboxylic acids is 1. The molecule has 0 aliphatic heterocycles. The second-order valence-corrected chi connectivity index (χ2v) is 13.4. The Labute approximate surface area is 321 Å². The fourth-order valence-electron chi connectivity index (χ4n) is 6.21. The predicted octanol–water partition coefficient (Wildman–Crippen LogP) is 6.73. The van der Waals surface area contributed by atoms with Crippen molar-refractivity contribution in [2.75, 3.05) is 0 Å². The van der Waals surface area contributed by atoms with Crippen LogP contribution in [0.1, 0.15) is 93.8 Å². The maximum atomic E-state index is 13.2. The summed E-state index contributed by atoms with van der Waals surface area (Å²) in [7, 11) is 0. The smallest absolute Gasteiger partial charge is 0.371 e. The van der Waals surface area contributed by atoms with Crippen molar-refractivity contribution >= 4 is 17.8 Å². The largest absolute Gasteiger partial charge is 0.475 e. The summed E-state index contributed by atoms with van der Waals surface area (Å²) in [6, 6.07) is 17.7. The van der Waals surface area contributed by atoms with E-state index in [4.69, 9.17) is 13.9 Å². The molecule has 0 bridgehead atoms. The molecule has 2 aliphatic carbocycles. The molecule has 5 aromatic rings. The van der Waals surface area contributed by atoms with Crippen molar-refractivity contribution in [2.45, 2.75) is 74.7 Å². The van der Waals surface area contributed by atoms with Gasteiger partial charge in [-0.15, -0.1) is 0 Å². The van der Waals surface area contributed by atoms with Crippen molar-refractivity contribution in [2.24, 2.45) is 0 Å². The van der Waals surface area contributed by atoms with Crippen LogP contribution in [-0.4, -0.2) is 56.4 Å². The topological polar surface area (TPSA) is 175 Å². The van der Waals surface area contributed by atoms with Gasteiger partial charge in [0.15, 0.2) is 0 Å². The van der Waals surface area contributed by atoms with Gasteiger partial charge in [-0.1, -0.05) is 35.8 Å². The molecular formula is C43H40F2N2O9. The number of carbonyl (C=O) groups excluding carboxylic acids is 2. The standard InChI is InChI=1S/2C19H18FNO3.C5H4O3/c2*20-16-4-1-3-14(11-16)6-9-19(23)8-2-5-17(12-19)21-18(22)15-7-10-24-13-15;6-5(7)4-2-1-3-8-4/h2*1,3-4,7,10-11,13,17,23H,2,5,8,12H2,(H,21,22);1-3H,(H,6,7)/t2*17-,19+;/m10./s1. The fraction of sp³-hybridized carbons (Fsp3) is 0.279. The van der Waals surface area contributed by atoms with Gasteiger partial charge >= 0.3 is 5.97 Å². The number of hydrogen-bond donors (Lipinski definition) is 5. The Morgan fingerprint density at radius 1 is 0.679 bits per heavy atom. The van der Waals surface area contributed by atoms with Crippen LogP contribution in [0.2, 0.25) is 0 Å². The summed E-state index contributed by atoms with van der Waals surface area (Å²) >= 11 is 0. The van der Waals surface area contributed by atoms with Crippen molar-refractivity contribution in [3.8, 4) is 23.7 Å². The van der Waals surface area contributed by atoms with E-state index in [0.29, 0.717) is 47.9 Å². The zero-order valence-electron chi connectivity index (χ0n) is 30.2. The highest BCUT2D eigenvalue weighted by molar-refractivity contribution is 5.94. The summed E-state index contributed by atoms with van der Waals surface area (Å²) in [5.41, 5.74) is -0.413. The van der Waals surface area contributed by atoms with Gasteiger partial charge in [-0.3, -0.25) is 9.59 Å². The summed E-state index contributed by atoms with van der Waals surface area (Å²) in [6.07, 6.45) is 11.8. The van der Waals surface area contributed by atoms with Gasteiger partial charge in [0.1, 0.15) is 35.4 Å². The van der Waals surface area contributed by atoms with Crippen molar-refractivity contribution in [3.05, 3.63) is 144 Å². The molecule has 3 aromatic heterocycles. The van der Waals surface area contributed by atoms with Crippen molar-refractivity contribution in [3.63, 3.8) is 0 Å². The number of amides is 2. The number of nitrogens with one attached hydrogen (secondary N) is 2. The normalized spacial score (nSPS) is 21.1. The molecule has 2 amide bonds. The second kappa shape index (κ2) is 19.3. The zero-order chi connectivity index (χ0) is 40.0. The lowest BCUT2D eigenvalue weighted by atomic mass is 9.82. The van der Waals surface area contributed by atoms with E-state index in [0.717, 1.165) is 25.7 Å². The first-order valence-corrected chi connectivity index (χ1v) is 17.8. The molecule has 0 saturated heterocycles. The molecule has 5 N–H and O–H groups in total. The fourth-order valence-corrected chi connectivity index (χ4v) is 6.21. The monoisotopic (exact) mass is 766 g/mol. The molecule has 290 valence electrons. The van der Waals surface area contributed by atoms with Crippen LogP contribution in [0.25, 0.3) is 0 Å². The summed E-state index contributed by atoms with van der Waals surface area (Å²) < 4.78 is 40.7. The first-order chi connectivity index (χ1) is 26.9. The highest BCUT2D eigenvalue weighted by Crippen LogP contribution is 2.29. The molecule has 0 radical (unpaired) electrons. The second-order valence-electron chi connectivity index (χ2n) is 13.4. The molecule has 56 heavy (non-hydrogen) atoms. The number of benzene rings is 2. The zero-order valence-corrected chi connectivity index (χ0v) is 30.2. The predicted molar refractivity (Wildman–Crippen MR) is 199 cm³/mol. The Bertz CT molecular complexity index is 2050. The number of aromatic carboxylic acids is 1. The number of aliphatic hydroxyl groups is 2. The molecule has 11 nitrogen and oxygen atoms in total. The van der Waals surface area contributed by atoms with Crippen LogP contribution in [0.4, 0.5) is 8.78 Å².